The molecule has 2 fully saturated rings. The number of piperidine rings is 1. The molecule has 3 atom stereocenters. The second-order valence-corrected chi connectivity index (χ2v) is 3.17. The summed E-state index contributed by atoms with van der Waals surface area (Å²) in [6, 6.07) is 0.0878. The number of carboxylic acid groups (broad SMARTS) is 1. The third-order valence-corrected chi connectivity index (χ3v) is 2.52. The molecule has 2 rings (SSSR count). The van der Waals surface area contributed by atoms with Crippen molar-refractivity contribution < 1.29 is 9.90 Å². The molecule has 1 saturated heterocycles. The fourth-order valence-electron chi connectivity index (χ4n) is 1.88. The quantitative estimate of drug-likeness (QED) is 0.519. The van der Waals surface area contributed by atoms with Gasteiger partial charge in [0.2, 0.25) is 0 Å². The van der Waals surface area contributed by atoms with Crippen LogP contribution >= 0.6 is 0 Å². The number of terminal acetylenes is 1. The largest absolute Gasteiger partial charge is 0.465 e. The highest BCUT2D eigenvalue weighted by atomic mass is 16.4. The van der Waals surface area contributed by atoms with Crippen molar-refractivity contribution in [3.05, 3.63) is 0 Å². The number of carbonyl (C=O) groups is 1. The molecule has 1 amide bonds. The van der Waals surface area contributed by atoms with Crippen molar-refractivity contribution in [2.24, 2.45) is 5.92 Å². The average Bonchev–Trinajstić information content (AvgIpc) is 2.61. The molecule has 0 radical (unpaired) electrons. The molecule has 0 unspecified atom stereocenters. The Morgan fingerprint density at radius 2 is 2.36 bits per heavy atom. The number of hydrogen-bond donors (Lipinski definition) is 1. The number of nitrogens with zero attached hydrogens (tertiary/aromatic N) is 1. The van der Waals surface area contributed by atoms with E-state index in [1.165, 1.54) is 4.90 Å². The summed E-state index contributed by atoms with van der Waals surface area (Å²) in [4.78, 5) is 12.1. The minimum absolute atomic E-state index is 0.156. The van der Waals surface area contributed by atoms with E-state index in [2.05, 4.69) is 5.92 Å². The summed E-state index contributed by atoms with van der Waals surface area (Å²) in [5, 5.41) is 8.74. The van der Waals surface area contributed by atoms with Gasteiger partial charge in [0, 0.05) is 6.04 Å². The molecule has 0 aromatic heterocycles. The van der Waals surface area contributed by atoms with Gasteiger partial charge in [0.25, 0.3) is 0 Å². The minimum atomic E-state index is -0.863. The Balaban J connectivity index is 2.16. The first-order chi connectivity index (χ1) is 5.24. The van der Waals surface area contributed by atoms with E-state index in [1.807, 2.05) is 0 Å². The molecule has 3 nitrogen and oxygen atoms in total. The predicted molar refractivity (Wildman–Crippen MR) is 39.0 cm³/mol. The molecule has 1 aliphatic heterocycles. The van der Waals surface area contributed by atoms with E-state index in [0.717, 1.165) is 12.8 Å². The van der Waals surface area contributed by atoms with Gasteiger partial charge in [-0.05, 0) is 18.8 Å². The lowest BCUT2D eigenvalue weighted by Gasteiger charge is -2.19. The molecular weight excluding hydrogens is 142 g/mol. The zero-order valence-electron chi connectivity index (χ0n) is 6.03. The zero-order valence-corrected chi connectivity index (χ0v) is 6.03. The minimum Gasteiger partial charge on any atom is -0.465 e. The third-order valence-electron chi connectivity index (χ3n) is 2.52. The summed E-state index contributed by atoms with van der Waals surface area (Å²) in [5.74, 6) is 3.06. The van der Waals surface area contributed by atoms with E-state index in [9.17, 15) is 4.79 Å². The SMILES string of the molecule is C#C[C@H]1C[C@H]2C[C@H]2N1C(=O)O. The smallest absolute Gasteiger partial charge is 0.408 e. The molecule has 2 aliphatic rings. The van der Waals surface area contributed by atoms with Gasteiger partial charge < -0.3 is 5.11 Å². The summed E-state index contributed by atoms with van der Waals surface area (Å²) in [5.41, 5.74) is 0. The standard InChI is InChI=1S/C8H9NO2/c1-2-6-3-5-4-7(5)9(6)8(10)11/h1,5-7H,3-4H2,(H,10,11)/t5-,6-,7+/m0/s1. The zero-order chi connectivity index (χ0) is 8.01. The Kier molecular flexibility index (Phi) is 1.14. The molecule has 58 valence electrons. The molecule has 0 aromatic carbocycles. The number of fused-ring (bicyclic) bond motifs is 1. The van der Waals surface area contributed by atoms with Crippen LogP contribution in [-0.2, 0) is 0 Å². The van der Waals surface area contributed by atoms with Gasteiger partial charge in [-0.25, -0.2) is 4.79 Å². The fraction of sp³-hybridized carbons (Fsp3) is 0.625. The first kappa shape index (κ1) is 6.53. The molecule has 11 heavy (non-hydrogen) atoms. The lowest BCUT2D eigenvalue weighted by Crippen LogP contribution is -2.36. The summed E-state index contributed by atoms with van der Waals surface area (Å²) < 4.78 is 0. The second kappa shape index (κ2) is 1.91. The van der Waals surface area contributed by atoms with Crippen molar-refractivity contribution in [3.63, 3.8) is 0 Å². The summed E-state index contributed by atoms with van der Waals surface area (Å²) in [6.45, 7) is 0. The van der Waals surface area contributed by atoms with Crippen LogP contribution in [0.4, 0.5) is 4.79 Å². The van der Waals surface area contributed by atoms with Gasteiger partial charge in [0.05, 0.1) is 6.04 Å². The van der Waals surface area contributed by atoms with E-state index in [4.69, 9.17) is 11.5 Å². The van der Waals surface area contributed by atoms with Gasteiger partial charge >= 0.3 is 6.09 Å². The van der Waals surface area contributed by atoms with Crippen molar-refractivity contribution in [2.75, 3.05) is 0 Å². The molecule has 3 heteroatoms. The maximum absolute atomic E-state index is 10.6. The van der Waals surface area contributed by atoms with Crippen molar-refractivity contribution >= 4 is 6.09 Å². The summed E-state index contributed by atoms with van der Waals surface area (Å²) in [7, 11) is 0. The molecule has 1 aliphatic carbocycles. The number of likely N-dealkylation sites (tertiary alicyclic amines) is 1. The van der Waals surface area contributed by atoms with Crippen molar-refractivity contribution in [3.8, 4) is 12.3 Å². The molecular formula is C8H9NO2. The average molecular weight is 151 g/mol. The molecule has 1 heterocycles. The van der Waals surface area contributed by atoms with E-state index >= 15 is 0 Å². The van der Waals surface area contributed by atoms with E-state index in [0.29, 0.717) is 5.92 Å². The normalized spacial score (nSPS) is 39.5. The van der Waals surface area contributed by atoms with Crippen LogP contribution in [0.15, 0.2) is 0 Å². The topological polar surface area (TPSA) is 40.5 Å². The van der Waals surface area contributed by atoms with Gasteiger partial charge in [-0.1, -0.05) is 5.92 Å². The Bertz CT molecular complexity index is 243. The highest BCUT2D eigenvalue weighted by Crippen LogP contribution is 2.47. The fourth-order valence-corrected chi connectivity index (χ4v) is 1.88. The van der Waals surface area contributed by atoms with Crippen LogP contribution in [-0.4, -0.2) is 28.2 Å². The first-order valence-corrected chi connectivity index (χ1v) is 3.71. The Hall–Kier alpha value is -1.17. The van der Waals surface area contributed by atoms with Gasteiger partial charge in [0.15, 0.2) is 0 Å². The predicted octanol–water partition coefficient (Wildman–Crippen LogP) is 0.760. The summed E-state index contributed by atoms with van der Waals surface area (Å²) >= 11 is 0. The number of rotatable bonds is 0. The van der Waals surface area contributed by atoms with Crippen LogP contribution in [0, 0.1) is 18.3 Å². The second-order valence-electron chi connectivity index (χ2n) is 3.17. The Labute approximate surface area is 65.0 Å². The van der Waals surface area contributed by atoms with Crippen LogP contribution in [0.3, 0.4) is 0 Å². The van der Waals surface area contributed by atoms with Crippen molar-refractivity contribution in [2.45, 2.75) is 24.9 Å². The third kappa shape index (κ3) is 0.790. The first-order valence-electron chi connectivity index (χ1n) is 3.71. The lowest BCUT2D eigenvalue weighted by molar-refractivity contribution is 0.140. The van der Waals surface area contributed by atoms with Crippen LogP contribution in [0.5, 0.6) is 0 Å². The van der Waals surface area contributed by atoms with Crippen LogP contribution in [0.25, 0.3) is 0 Å². The van der Waals surface area contributed by atoms with E-state index < -0.39 is 6.09 Å². The van der Waals surface area contributed by atoms with Gasteiger partial charge in [-0.3, -0.25) is 4.90 Å². The number of amides is 1. The van der Waals surface area contributed by atoms with Gasteiger partial charge in [-0.2, -0.15) is 0 Å². The monoisotopic (exact) mass is 151 g/mol. The van der Waals surface area contributed by atoms with Gasteiger partial charge in [-0.15, -0.1) is 6.42 Å². The van der Waals surface area contributed by atoms with Crippen molar-refractivity contribution in [1.29, 1.82) is 0 Å². The van der Waals surface area contributed by atoms with E-state index in [1.54, 1.807) is 0 Å². The van der Waals surface area contributed by atoms with E-state index in [-0.39, 0.29) is 12.1 Å². The highest BCUT2D eigenvalue weighted by Gasteiger charge is 2.53. The van der Waals surface area contributed by atoms with Gasteiger partial charge in [0.1, 0.15) is 0 Å². The molecule has 0 bridgehead atoms. The van der Waals surface area contributed by atoms with Crippen LogP contribution < -0.4 is 0 Å². The molecule has 0 spiro atoms. The Morgan fingerprint density at radius 3 is 2.82 bits per heavy atom. The van der Waals surface area contributed by atoms with Crippen LogP contribution in [0.2, 0.25) is 0 Å². The molecule has 0 aromatic rings. The molecule has 1 saturated carbocycles. The summed E-state index contributed by atoms with van der Waals surface area (Å²) in [6.07, 6.45) is 6.21. The highest BCUT2D eigenvalue weighted by molar-refractivity contribution is 5.68. The molecule has 1 N–H and O–H groups in total. The maximum Gasteiger partial charge on any atom is 0.408 e. The lowest BCUT2D eigenvalue weighted by atomic mass is 10.2. The van der Waals surface area contributed by atoms with Crippen molar-refractivity contribution in [1.82, 2.24) is 4.90 Å². The maximum atomic E-state index is 10.6. The number of hydrogen-bond acceptors (Lipinski definition) is 1. The Morgan fingerprint density at radius 1 is 1.64 bits per heavy atom. The van der Waals surface area contributed by atoms with Crippen LogP contribution in [0.1, 0.15) is 12.8 Å².